The van der Waals surface area contributed by atoms with Gasteiger partial charge in [-0.3, -0.25) is 4.79 Å². The molecule has 0 amide bonds. The number of benzene rings is 2. The van der Waals surface area contributed by atoms with Crippen LogP contribution in [0.1, 0.15) is 25.0 Å². The molecule has 0 aromatic heterocycles. The zero-order chi connectivity index (χ0) is 13.0. The summed E-state index contributed by atoms with van der Waals surface area (Å²) in [5.41, 5.74) is 2.86. The van der Waals surface area contributed by atoms with Crippen LogP contribution < -0.4 is 0 Å². The third kappa shape index (κ3) is 2.66. The largest absolute Gasteiger partial charge is 0.381 e. The number of aliphatic hydroxyl groups is 1. The first-order chi connectivity index (χ1) is 8.72. The fourth-order valence-electron chi connectivity index (χ4n) is 1.87. The molecular weight excluding hydrogens is 224 g/mol. The van der Waals surface area contributed by atoms with E-state index >= 15 is 0 Å². The van der Waals surface area contributed by atoms with E-state index in [0.717, 1.165) is 11.1 Å². The summed E-state index contributed by atoms with van der Waals surface area (Å²) in [5, 5.41) is 9.80. The van der Waals surface area contributed by atoms with Crippen molar-refractivity contribution in [2.45, 2.75) is 19.4 Å². The van der Waals surface area contributed by atoms with Gasteiger partial charge in [0.05, 0.1) is 0 Å². The van der Waals surface area contributed by atoms with Gasteiger partial charge in [0.2, 0.25) is 0 Å². The summed E-state index contributed by atoms with van der Waals surface area (Å²) in [6.07, 6.45) is -0.651. The first-order valence-corrected chi connectivity index (χ1v) is 6.08. The Morgan fingerprint density at radius 2 is 1.56 bits per heavy atom. The predicted octanol–water partition coefficient (Wildman–Crippen LogP) is 3.37. The molecular formula is C16H16O2. The molecule has 2 heteroatoms. The van der Waals surface area contributed by atoms with Gasteiger partial charge in [-0.25, -0.2) is 0 Å². The van der Waals surface area contributed by atoms with Gasteiger partial charge in [-0.2, -0.15) is 0 Å². The summed E-state index contributed by atoms with van der Waals surface area (Å²) in [5.74, 6) is -0.150. The van der Waals surface area contributed by atoms with Gasteiger partial charge in [-0.05, 0) is 16.7 Å². The fraction of sp³-hybridized carbons (Fsp3) is 0.188. The lowest BCUT2D eigenvalue weighted by Gasteiger charge is -2.09. The van der Waals surface area contributed by atoms with Crippen molar-refractivity contribution in [3.05, 3.63) is 60.2 Å². The quantitative estimate of drug-likeness (QED) is 0.889. The van der Waals surface area contributed by atoms with Crippen molar-refractivity contribution < 1.29 is 9.90 Å². The van der Waals surface area contributed by atoms with Crippen LogP contribution in [0.4, 0.5) is 0 Å². The number of hydrogen-bond acceptors (Lipinski definition) is 2. The average molecular weight is 240 g/mol. The number of rotatable bonds is 4. The molecule has 2 rings (SSSR count). The highest BCUT2D eigenvalue weighted by Gasteiger charge is 2.14. The molecule has 0 fully saturated rings. The van der Waals surface area contributed by atoms with Crippen LogP contribution in [0.25, 0.3) is 11.1 Å². The van der Waals surface area contributed by atoms with Crippen LogP contribution in [0.15, 0.2) is 54.6 Å². The van der Waals surface area contributed by atoms with Crippen LogP contribution in [0.5, 0.6) is 0 Å². The van der Waals surface area contributed by atoms with Crippen molar-refractivity contribution in [1.29, 1.82) is 0 Å². The maximum atomic E-state index is 11.4. The van der Waals surface area contributed by atoms with Gasteiger partial charge < -0.3 is 5.11 Å². The minimum atomic E-state index is -1.00. The van der Waals surface area contributed by atoms with Crippen LogP contribution in [-0.4, -0.2) is 10.9 Å². The van der Waals surface area contributed by atoms with Crippen LogP contribution in [0.3, 0.4) is 0 Å². The number of aliphatic hydroxyl groups excluding tert-OH is 1. The Bertz CT molecular complexity index is 515. The van der Waals surface area contributed by atoms with Gasteiger partial charge in [-0.1, -0.05) is 61.5 Å². The zero-order valence-corrected chi connectivity index (χ0v) is 10.3. The summed E-state index contributed by atoms with van der Waals surface area (Å²) in [4.78, 5) is 11.4. The Morgan fingerprint density at radius 1 is 1.00 bits per heavy atom. The van der Waals surface area contributed by atoms with E-state index in [1.807, 2.05) is 42.5 Å². The van der Waals surface area contributed by atoms with Crippen LogP contribution in [0.2, 0.25) is 0 Å². The summed E-state index contributed by atoms with van der Waals surface area (Å²) < 4.78 is 0. The molecule has 2 aromatic carbocycles. The summed E-state index contributed by atoms with van der Waals surface area (Å²) >= 11 is 0. The number of hydrogen-bond donors (Lipinski definition) is 1. The maximum Gasteiger partial charge on any atom is 0.165 e. The highest BCUT2D eigenvalue weighted by Crippen LogP contribution is 2.22. The summed E-state index contributed by atoms with van der Waals surface area (Å²) in [6, 6.07) is 17.5. The molecule has 0 radical (unpaired) electrons. The maximum absolute atomic E-state index is 11.4. The summed E-state index contributed by atoms with van der Waals surface area (Å²) in [7, 11) is 0. The number of Topliss-reactive ketones (excluding diaryl/α,β-unsaturated/α-hetero) is 1. The van der Waals surface area contributed by atoms with Crippen molar-refractivity contribution in [3.8, 4) is 11.1 Å². The van der Waals surface area contributed by atoms with Gasteiger partial charge in [0.25, 0.3) is 0 Å². The highest BCUT2D eigenvalue weighted by atomic mass is 16.3. The van der Waals surface area contributed by atoms with Crippen molar-refractivity contribution in [3.63, 3.8) is 0 Å². The number of ketones is 1. The van der Waals surface area contributed by atoms with Gasteiger partial charge in [0.15, 0.2) is 5.78 Å². The first kappa shape index (κ1) is 12.5. The highest BCUT2D eigenvalue weighted by molar-refractivity contribution is 5.84. The second-order valence-electron chi connectivity index (χ2n) is 4.21. The Hall–Kier alpha value is -1.93. The fourth-order valence-corrected chi connectivity index (χ4v) is 1.87. The van der Waals surface area contributed by atoms with Gasteiger partial charge >= 0.3 is 0 Å². The van der Waals surface area contributed by atoms with Crippen molar-refractivity contribution in [2.24, 2.45) is 0 Å². The molecule has 2 nitrogen and oxygen atoms in total. The molecule has 0 aliphatic rings. The van der Waals surface area contributed by atoms with E-state index in [4.69, 9.17) is 0 Å². The lowest BCUT2D eigenvalue weighted by Crippen LogP contribution is -2.10. The average Bonchev–Trinajstić information content (AvgIpc) is 2.47. The molecule has 0 spiro atoms. The van der Waals surface area contributed by atoms with Crippen LogP contribution in [0, 0.1) is 0 Å². The van der Waals surface area contributed by atoms with E-state index in [-0.39, 0.29) is 5.78 Å². The van der Waals surface area contributed by atoms with Gasteiger partial charge in [-0.15, -0.1) is 0 Å². The molecule has 1 N–H and O–H groups in total. The van der Waals surface area contributed by atoms with E-state index < -0.39 is 6.10 Å². The molecule has 92 valence electrons. The van der Waals surface area contributed by atoms with E-state index in [1.54, 1.807) is 19.1 Å². The molecule has 0 saturated heterocycles. The Balaban J connectivity index is 2.23. The smallest absolute Gasteiger partial charge is 0.165 e. The molecule has 0 heterocycles. The molecule has 1 unspecified atom stereocenters. The predicted molar refractivity (Wildman–Crippen MR) is 72.1 cm³/mol. The molecule has 0 saturated carbocycles. The Kier molecular flexibility index (Phi) is 3.90. The molecule has 2 aromatic rings. The van der Waals surface area contributed by atoms with E-state index in [9.17, 15) is 9.90 Å². The standard InChI is InChI=1S/C16H16O2/c1-2-15(17)16(18)14-10-8-13(9-11-14)12-6-4-3-5-7-12/h3-11,16,18H,2H2,1H3. The van der Waals surface area contributed by atoms with Crippen LogP contribution >= 0.6 is 0 Å². The second kappa shape index (κ2) is 5.61. The van der Waals surface area contributed by atoms with Crippen LogP contribution in [-0.2, 0) is 4.79 Å². The third-order valence-electron chi connectivity index (χ3n) is 2.99. The SMILES string of the molecule is CCC(=O)C(O)c1ccc(-c2ccccc2)cc1. The van der Waals surface area contributed by atoms with E-state index in [1.165, 1.54) is 0 Å². The summed E-state index contributed by atoms with van der Waals surface area (Å²) in [6.45, 7) is 1.75. The minimum Gasteiger partial charge on any atom is -0.381 e. The molecule has 18 heavy (non-hydrogen) atoms. The lowest BCUT2D eigenvalue weighted by atomic mass is 9.99. The number of carbonyl (C=O) groups excluding carboxylic acids is 1. The zero-order valence-electron chi connectivity index (χ0n) is 10.3. The van der Waals surface area contributed by atoms with E-state index in [0.29, 0.717) is 12.0 Å². The van der Waals surface area contributed by atoms with E-state index in [2.05, 4.69) is 0 Å². The normalized spacial score (nSPS) is 12.1. The molecule has 0 aliphatic heterocycles. The minimum absolute atomic E-state index is 0.150. The monoisotopic (exact) mass is 240 g/mol. The third-order valence-corrected chi connectivity index (χ3v) is 2.99. The van der Waals surface area contributed by atoms with Crippen molar-refractivity contribution in [1.82, 2.24) is 0 Å². The topological polar surface area (TPSA) is 37.3 Å². The lowest BCUT2D eigenvalue weighted by molar-refractivity contribution is -0.127. The molecule has 0 bridgehead atoms. The molecule has 1 atom stereocenters. The van der Waals surface area contributed by atoms with Gasteiger partial charge in [0, 0.05) is 6.42 Å². The second-order valence-corrected chi connectivity index (χ2v) is 4.21. The van der Waals surface area contributed by atoms with Crippen molar-refractivity contribution >= 4 is 5.78 Å². The van der Waals surface area contributed by atoms with Gasteiger partial charge in [0.1, 0.15) is 6.10 Å². The van der Waals surface area contributed by atoms with Crippen molar-refractivity contribution in [2.75, 3.05) is 0 Å². The first-order valence-electron chi connectivity index (χ1n) is 6.08. The number of carbonyl (C=O) groups is 1. The molecule has 0 aliphatic carbocycles. The Morgan fingerprint density at radius 3 is 2.11 bits per heavy atom. The Labute approximate surface area is 107 Å².